The molecule has 2 N–H and O–H groups in total. The number of rotatable bonds is 7. The topological polar surface area (TPSA) is 73.8 Å². The van der Waals surface area contributed by atoms with E-state index in [1.807, 2.05) is 6.92 Å². The number of guanidine groups is 1. The van der Waals surface area contributed by atoms with Crippen LogP contribution in [0.25, 0.3) is 0 Å². The average Bonchev–Trinajstić information content (AvgIpc) is 2.93. The molecule has 152 valence electrons. The van der Waals surface area contributed by atoms with Crippen LogP contribution < -0.4 is 10.6 Å². The van der Waals surface area contributed by atoms with Gasteiger partial charge in [-0.3, -0.25) is 4.99 Å². The maximum Gasteiger partial charge on any atom is 0.214 e. The van der Waals surface area contributed by atoms with Crippen molar-refractivity contribution in [3.8, 4) is 0 Å². The van der Waals surface area contributed by atoms with E-state index < -0.39 is 10.0 Å². The SMILES string of the molecule is CCNC(=NCC1(c2ccccc2)CCC1)NCCN1CCCS1(=O)=O.I. The van der Waals surface area contributed by atoms with Crippen molar-refractivity contribution in [1.82, 2.24) is 14.9 Å². The first-order valence-electron chi connectivity index (χ1n) is 9.61. The van der Waals surface area contributed by atoms with E-state index in [1.165, 1.54) is 24.8 Å². The minimum Gasteiger partial charge on any atom is -0.357 e. The van der Waals surface area contributed by atoms with E-state index in [0.717, 1.165) is 25.5 Å². The van der Waals surface area contributed by atoms with E-state index in [2.05, 4.69) is 41.0 Å². The van der Waals surface area contributed by atoms with Gasteiger partial charge in [0.1, 0.15) is 0 Å². The lowest BCUT2D eigenvalue weighted by Gasteiger charge is -2.41. The van der Waals surface area contributed by atoms with Crippen LogP contribution in [0.3, 0.4) is 0 Å². The highest BCUT2D eigenvalue weighted by molar-refractivity contribution is 14.0. The van der Waals surface area contributed by atoms with Gasteiger partial charge < -0.3 is 10.6 Å². The number of hydrogen-bond acceptors (Lipinski definition) is 3. The van der Waals surface area contributed by atoms with Gasteiger partial charge in [0.15, 0.2) is 5.96 Å². The molecule has 8 heteroatoms. The molecule has 2 aliphatic rings. The van der Waals surface area contributed by atoms with Crippen LogP contribution in [-0.2, 0) is 15.4 Å². The first-order valence-corrected chi connectivity index (χ1v) is 11.2. The van der Waals surface area contributed by atoms with E-state index in [1.54, 1.807) is 4.31 Å². The highest BCUT2D eigenvalue weighted by atomic mass is 127. The molecule has 2 fully saturated rings. The molecule has 1 aromatic carbocycles. The van der Waals surface area contributed by atoms with Gasteiger partial charge >= 0.3 is 0 Å². The smallest absolute Gasteiger partial charge is 0.214 e. The third-order valence-corrected chi connectivity index (χ3v) is 7.39. The fraction of sp³-hybridized carbons (Fsp3) is 0.632. The van der Waals surface area contributed by atoms with Gasteiger partial charge in [-0.25, -0.2) is 12.7 Å². The summed E-state index contributed by atoms with van der Waals surface area (Å²) in [4.78, 5) is 4.81. The van der Waals surface area contributed by atoms with Crippen molar-refractivity contribution in [2.24, 2.45) is 4.99 Å². The molecule has 3 rings (SSSR count). The van der Waals surface area contributed by atoms with Crippen molar-refractivity contribution in [2.75, 3.05) is 38.5 Å². The Balaban J connectivity index is 0.00000261. The number of halogens is 1. The molecule has 0 amide bonds. The third kappa shape index (κ3) is 5.57. The van der Waals surface area contributed by atoms with Crippen LogP contribution in [0, 0.1) is 0 Å². The van der Waals surface area contributed by atoms with E-state index in [0.29, 0.717) is 19.6 Å². The quantitative estimate of drug-likeness (QED) is 0.338. The van der Waals surface area contributed by atoms with Gasteiger partial charge in [0.25, 0.3) is 0 Å². The molecule has 1 aliphatic carbocycles. The normalized spacial score (nSPS) is 21.1. The lowest BCUT2D eigenvalue weighted by atomic mass is 9.64. The molecule has 0 radical (unpaired) electrons. The van der Waals surface area contributed by atoms with Crippen molar-refractivity contribution < 1.29 is 8.42 Å². The summed E-state index contributed by atoms with van der Waals surface area (Å²) in [5.41, 5.74) is 1.52. The van der Waals surface area contributed by atoms with E-state index in [-0.39, 0.29) is 35.1 Å². The highest BCUT2D eigenvalue weighted by Gasteiger charge is 2.38. The molecular formula is C19H31IN4O2S. The summed E-state index contributed by atoms with van der Waals surface area (Å²) in [6.07, 6.45) is 4.33. The molecule has 1 aromatic rings. The zero-order valence-electron chi connectivity index (χ0n) is 16.0. The maximum absolute atomic E-state index is 11.9. The van der Waals surface area contributed by atoms with Crippen LogP contribution in [0.5, 0.6) is 0 Å². The van der Waals surface area contributed by atoms with Crippen LogP contribution in [0.1, 0.15) is 38.2 Å². The Bertz CT molecular complexity index is 720. The predicted molar refractivity (Wildman–Crippen MR) is 121 cm³/mol. The van der Waals surface area contributed by atoms with Crippen molar-refractivity contribution in [3.05, 3.63) is 35.9 Å². The van der Waals surface area contributed by atoms with Crippen molar-refractivity contribution >= 4 is 40.0 Å². The van der Waals surface area contributed by atoms with Gasteiger partial charge in [0.05, 0.1) is 12.3 Å². The van der Waals surface area contributed by atoms with Crippen LogP contribution in [0.4, 0.5) is 0 Å². The first kappa shape index (κ1) is 22.4. The number of hydrogen-bond donors (Lipinski definition) is 2. The third-order valence-electron chi connectivity index (χ3n) is 5.44. The molecule has 1 aliphatic heterocycles. The Morgan fingerprint density at radius 3 is 2.48 bits per heavy atom. The summed E-state index contributed by atoms with van der Waals surface area (Å²) in [5.74, 6) is 1.05. The minimum atomic E-state index is -3.03. The van der Waals surface area contributed by atoms with Crippen molar-refractivity contribution in [1.29, 1.82) is 0 Å². The molecule has 6 nitrogen and oxygen atoms in total. The molecule has 1 saturated carbocycles. The second-order valence-corrected chi connectivity index (χ2v) is 9.28. The summed E-state index contributed by atoms with van der Waals surface area (Å²) in [6, 6.07) is 10.6. The lowest BCUT2D eigenvalue weighted by Crippen LogP contribution is -2.44. The monoisotopic (exact) mass is 506 g/mol. The summed E-state index contributed by atoms with van der Waals surface area (Å²) in [5, 5.41) is 6.56. The van der Waals surface area contributed by atoms with E-state index in [9.17, 15) is 8.42 Å². The van der Waals surface area contributed by atoms with E-state index in [4.69, 9.17) is 4.99 Å². The van der Waals surface area contributed by atoms with Crippen molar-refractivity contribution in [3.63, 3.8) is 0 Å². The van der Waals surface area contributed by atoms with Gasteiger partial charge in [-0.15, -0.1) is 24.0 Å². The summed E-state index contributed by atoms with van der Waals surface area (Å²) < 4.78 is 25.3. The van der Waals surface area contributed by atoms with Gasteiger partial charge in [0, 0.05) is 31.6 Å². The molecule has 1 heterocycles. The second kappa shape index (κ2) is 10.1. The zero-order chi connectivity index (χ0) is 18.5. The molecule has 0 bridgehead atoms. The fourth-order valence-electron chi connectivity index (χ4n) is 3.75. The van der Waals surface area contributed by atoms with Crippen LogP contribution in [-0.4, -0.2) is 57.2 Å². The predicted octanol–water partition coefficient (Wildman–Crippen LogP) is 2.32. The summed E-state index contributed by atoms with van der Waals surface area (Å²) >= 11 is 0. The van der Waals surface area contributed by atoms with Crippen LogP contribution in [0.15, 0.2) is 35.3 Å². The molecule has 0 aromatic heterocycles. The fourth-order valence-corrected chi connectivity index (χ4v) is 5.28. The maximum atomic E-state index is 11.9. The standard InChI is InChI=1S/C19H30N4O2S.HI/c1-2-20-18(21-12-14-23-13-7-15-26(23,24)25)22-16-19(10-6-11-19)17-8-4-3-5-9-17;/h3-5,8-9H,2,6-7,10-16H2,1H3,(H2,20,21,22);1H. The van der Waals surface area contributed by atoms with E-state index >= 15 is 0 Å². The Labute approximate surface area is 180 Å². The van der Waals surface area contributed by atoms with Gasteiger partial charge in [-0.05, 0) is 31.7 Å². The zero-order valence-corrected chi connectivity index (χ0v) is 19.1. The Hall–Kier alpha value is -0.870. The average molecular weight is 506 g/mol. The second-order valence-electron chi connectivity index (χ2n) is 7.19. The van der Waals surface area contributed by atoms with Gasteiger partial charge in [-0.2, -0.15) is 0 Å². The first-order chi connectivity index (χ1) is 12.6. The highest BCUT2D eigenvalue weighted by Crippen LogP contribution is 2.43. The van der Waals surface area contributed by atoms with Gasteiger partial charge in [0.2, 0.25) is 10.0 Å². The summed E-state index contributed by atoms with van der Waals surface area (Å²) in [7, 11) is -3.03. The molecule has 1 saturated heterocycles. The van der Waals surface area contributed by atoms with Crippen molar-refractivity contribution in [2.45, 2.75) is 38.0 Å². The number of sulfonamides is 1. The van der Waals surface area contributed by atoms with Gasteiger partial charge in [-0.1, -0.05) is 36.8 Å². The molecular weight excluding hydrogens is 475 g/mol. The molecule has 0 spiro atoms. The van der Waals surface area contributed by atoms with Crippen LogP contribution >= 0.6 is 24.0 Å². The van der Waals surface area contributed by atoms with Crippen LogP contribution in [0.2, 0.25) is 0 Å². The number of aliphatic imine (C=N–C) groups is 1. The number of benzene rings is 1. The summed E-state index contributed by atoms with van der Waals surface area (Å²) in [6.45, 7) is 5.29. The lowest BCUT2D eigenvalue weighted by molar-refractivity contribution is 0.253. The molecule has 0 atom stereocenters. The Morgan fingerprint density at radius 1 is 1.19 bits per heavy atom. The minimum absolute atomic E-state index is 0. The largest absolute Gasteiger partial charge is 0.357 e. The molecule has 0 unspecified atom stereocenters. The number of nitrogens with one attached hydrogen (secondary N) is 2. The Kier molecular flexibility index (Phi) is 8.36. The number of nitrogens with zero attached hydrogens (tertiary/aromatic N) is 2. The molecule has 27 heavy (non-hydrogen) atoms. The Morgan fingerprint density at radius 2 is 1.93 bits per heavy atom.